The van der Waals surface area contributed by atoms with Gasteiger partial charge < -0.3 is 19.8 Å². The van der Waals surface area contributed by atoms with Crippen LogP contribution < -0.4 is 5.32 Å². The summed E-state index contributed by atoms with van der Waals surface area (Å²) in [5.74, 6) is -0.183. The molecule has 0 radical (unpaired) electrons. The number of rotatable bonds is 64. The van der Waals surface area contributed by atoms with Gasteiger partial charge in [0, 0.05) is 6.42 Å². The van der Waals surface area contributed by atoms with Gasteiger partial charge in [0.2, 0.25) is 5.91 Å². The summed E-state index contributed by atoms with van der Waals surface area (Å²) in [5.41, 5.74) is 0. The van der Waals surface area contributed by atoms with Crippen molar-refractivity contribution < 1.29 is 32.9 Å². The van der Waals surface area contributed by atoms with Crippen molar-refractivity contribution >= 4 is 13.7 Å². The van der Waals surface area contributed by atoms with E-state index >= 15 is 0 Å². The zero-order valence-corrected chi connectivity index (χ0v) is 55.2. The maximum atomic E-state index is 13.0. The van der Waals surface area contributed by atoms with Gasteiger partial charge in [0.1, 0.15) is 13.2 Å². The number of likely N-dealkylation sites (N-methyl/N-ethyl adjacent to an activating group) is 1. The molecule has 0 bridgehead atoms. The highest BCUT2D eigenvalue weighted by Gasteiger charge is 2.28. The van der Waals surface area contributed by atoms with Crippen molar-refractivity contribution in [3.05, 3.63) is 72.9 Å². The molecule has 474 valence electrons. The Morgan fingerprint density at radius 3 is 1.14 bits per heavy atom. The smallest absolute Gasteiger partial charge is 0.387 e. The second-order valence-corrected chi connectivity index (χ2v) is 26.3. The average molecular weight is 1160 g/mol. The molecule has 1 amide bonds. The highest BCUT2D eigenvalue weighted by molar-refractivity contribution is 7.47. The van der Waals surface area contributed by atoms with Crippen LogP contribution >= 0.6 is 7.82 Å². The highest BCUT2D eigenvalue weighted by Crippen LogP contribution is 2.43. The molecule has 8 nitrogen and oxygen atoms in total. The van der Waals surface area contributed by atoms with Crippen molar-refractivity contribution in [2.75, 3.05) is 40.9 Å². The van der Waals surface area contributed by atoms with Crippen LogP contribution in [0.25, 0.3) is 0 Å². The Morgan fingerprint density at radius 2 is 0.753 bits per heavy atom. The summed E-state index contributed by atoms with van der Waals surface area (Å²) < 4.78 is 23.8. The molecule has 0 aromatic carbocycles. The molecule has 0 saturated carbocycles. The summed E-state index contributed by atoms with van der Waals surface area (Å²) in [7, 11) is 1.56. The van der Waals surface area contributed by atoms with E-state index in [0.29, 0.717) is 17.4 Å². The summed E-state index contributed by atoms with van der Waals surface area (Å²) in [6.07, 6.45) is 87.7. The number of hydrogen-bond donors (Lipinski definition) is 3. The molecule has 0 rings (SSSR count). The van der Waals surface area contributed by atoms with Crippen LogP contribution in [0.1, 0.15) is 328 Å². The molecule has 81 heavy (non-hydrogen) atoms. The predicted molar refractivity (Wildman–Crippen MR) is 355 cm³/mol. The predicted octanol–water partition coefficient (Wildman–Crippen LogP) is 22.2. The van der Waals surface area contributed by atoms with Gasteiger partial charge in [0.05, 0.1) is 39.9 Å². The number of quaternary nitrogens is 1. The van der Waals surface area contributed by atoms with Gasteiger partial charge in [-0.05, 0) is 70.6 Å². The maximum Gasteiger partial charge on any atom is 0.472 e. The van der Waals surface area contributed by atoms with Gasteiger partial charge in [-0.3, -0.25) is 13.8 Å². The van der Waals surface area contributed by atoms with Crippen molar-refractivity contribution in [1.29, 1.82) is 0 Å². The normalized spacial score (nSPS) is 14.1. The molecule has 3 atom stereocenters. The fourth-order valence-corrected chi connectivity index (χ4v) is 11.0. The van der Waals surface area contributed by atoms with Gasteiger partial charge in [0.15, 0.2) is 0 Å². The Morgan fingerprint density at radius 1 is 0.432 bits per heavy atom. The second-order valence-electron chi connectivity index (χ2n) is 24.9. The van der Waals surface area contributed by atoms with Gasteiger partial charge in [-0.25, -0.2) is 4.57 Å². The lowest BCUT2D eigenvalue weighted by Gasteiger charge is -2.25. The molecule has 0 saturated heterocycles. The minimum absolute atomic E-state index is 0.0556. The number of phosphoric ester groups is 1. The lowest BCUT2D eigenvalue weighted by atomic mass is 10.0. The molecule has 0 heterocycles. The van der Waals surface area contributed by atoms with E-state index in [9.17, 15) is 19.4 Å². The summed E-state index contributed by atoms with van der Waals surface area (Å²) >= 11 is 0. The van der Waals surface area contributed by atoms with Gasteiger partial charge in [-0.2, -0.15) is 0 Å². The second kappa shape index (κ2) is 62.5. The molecular weight excluding hydrogens is 1020 g/mol. The molecule has 9 heteroatoms. The zero-order chi connectivity index (χ0) is 59.1. The van der Waals surface area contributed by atoms with Crippen LogP contribution in [0.15, 0.2) is 72.9 Å². The fourth-order valence-electron chi connectivity index (χ4n) is 10.3. The number of carbonyl (C=O) groups is 1. The van der Waals surface area contributed by atoms with E-state index in [1.165, 1.54) is 244 Å². The minimum Gasteiger partial charge on any atom is -0.387 e. The van der Waals surface area contributed by atoms with Gasteiger partial charge in [0.25, 0.3) is 0 Å². The number of aliphatic hydroxyl groups is 1. The Hall–Kier alpha value is -2.06. The molecule has 3 N–H and O–H groups in total. The molecule has 0 aliphatic heterocycles. The number of aliphatic hydroxyl groups excluding tert-OH is 1. The third kappa shape index (κ3) is 65.3. The van der Waals surface area contributed by atoms with Crippen LogP contribution in [0, 0.1) is 0 Å². The quantitative estimate of drug-likeness (QED) is 0.0243. The molecule has 3 unspecified atom stereocenters. The number of carbonyl (C=O) groups excluding carboxylic acids is 1. The van der Waals surface area contributed by atoms with Crippen LogP contribution in [-0.2, 0) is 18.4 Å². The first kappa shape index (κ1) is 78.9. The van der Waals surface area contributed by atoms with E-state index in [1.54, 1.807) is 6.08 Å². The van der Waals surface area contributed by atoms with Crippen LogP contribution in [-0.4, -0.2) is 73.4 Å². The van der Waals surface area contributed by atoms with Gasteiger partial charge >= 0.3 is 7.82 Å². The maximum absolute atomic E-state index is 13.0. The van der Waals surface area contributed by atoms with Crippen molar-refractivity contribution in [1.82, 2.24) is 5.32 Å². The van der Waals surface area contributed by atoms with E-state index in [4.69, 9.17) is 9.05 Å². The summed E-state index contributed by atoms with van der Waals surface area (Å²) in [5, 5.41) is 14.0. The third-order valence-corrected chi connectivity index (χ3v) is 16.6. The van der Waals surface area contributed by atoms with Crippen molar-refractivity contribution in [3.8, 4) is 0 Å². The van der Waals surface area contributed by atoms with E-state index in [1.807, 2.05) is 27.2 Å². The molecule has 0 aromatic rings. The van der Waals surface area contributed by atoms with E-state index in [2.05, 4.69) is 79.9 Å². The van der Waals surface area contributed by atoms with E-state index in [-0.39, 0.29) is 19.1 Å². The third-order valence-electron chi connectivity index (χ3n) is 15.7. The van der Waals surface area contributed by atoms with Crippen molar-refractivity contribution in [2.45, 2.75) is 341 Å². The Bertz CT molecular complexity index is 1550. The average Bonchev–Trinajstić information content (AvgIpc) is 3.43. The fraction of sp³-hybridized carbons (Fsp3) is 0.819. The molecule has 0 aliphatic carbocycles. The van der Waals surface area contributed by atoms with Crippen LogP contribution in [0.4, 0.5) is 0 Å². The number of amides is 1. The first-order chi connectivity index (χ1) is 39.5. The number of hydrogen-bond acceptors (Lipinski definition) is 5. The molecule has 0 spiro atoms. The number of nitrogens with zero attached hydrogens (tertiary/aromatic N) is 1. The zero-order valence-electron chi connectivity index (χ0n) is 54.3. The summed E-state index contributed by atoms with van der Waals surface area (Å²) in [6, 6.07) is -0.867. The Labute approximate surface area is 504 Å². The molecule has 0 aromatic heterocycles. The first-order valence-electron chi connectivity index (χ1n) is 34.8. The van der Waals surface area contributed by atoms with Crippen LogP contribution in [0.2, 0.25) is 0 Å². The number of phosphoric acid groups is 1. The number of unbranched alkanes of at least 4 members (excludes halogenated alkanes) is 41. The summed E-state index contributed by atoms with van der Waals surface area (Å²) in [6.45, 7) is 4.73. The van der Waals surface area contributed by atoms with Crippen molar-refractivity contribution in [2.24, 2.45) is 0 Å². The number of nitrogens with one attached hydrogen (secondary N) is 1. The summed E-state index contributed by atoms with van der Waals surface area (Å²) in [4.78, 5) is 23.4. The van der Waals surface area contributed by atoms with Gasteiger partial charge in [-0.1, -0.05) is 324 Å². The van der Waals surface area contributed by atoms with Crippen LogP contribution in [0.5, 0.6) is 0 Å². The monoisotopic (exact) mass is 1160 g/mol. The largest absolute Gasteiger partial charge is 0.472 e. The van der Waals surface area contributed by atoms with Crippen LogP contribution in [0.3, 0.4) is 0 Å². The van der Waals surface area contributed by atoms with E-state index in [0.717, 1.165) is 64.2 Å². The Balaban J connectivity index is 4.09. The SMILES string of the molecule is CC/C=C\C/C=C\C/C=C\C/C=C\CCCCCCCCCCCCCCCCCCCCC(=O)NC(COP(=O)(O)OCC[N+](C)(C)C)C(O)/C=C/CC/C=C/CCCCCCCCCCCCCCCCCCCCCCCC. The van der Waals surface area contributed by atoms with Gasteiger partial charge in [-0.15, -0.1) is 0 Å². The first-order valence-corrected chi connectivity index (χ1v) is 36.3. The topological polar surface area (TPSA) is 105 Å². The lowest BCUT2D eigenvalue weighted by Crippen LogP contribution is -2.45. The lowest BCUT2D eigenvalue weighted by molar-refractivity contribution is -0.870. The molecule has 0 aliphatic rings. The minimum atomic E-state index is -4.36. The Kier molecular flexibility index (Phi) is 60.9. The standard InChI is InChI=1S/C72H135N2O6P/c1-6-8-10-12-14-16-18-20-22-24-26-28-30-32-34-36-37-38-40-42-44-46-48-50-52-54-56-58-60-62-64-66-72(76)73-70(69-80-81(77,78)79-68-67-74(3,4)5)71(75)65-63-61-59-57-55-53-51-49-47-45-43-41-39-35-33-31-29-27-25-23-21-19-17-15-13-11-9-7-2/h8,10,14,16,20,22,26,28,55,57,63,65,70-71,75H,6-7,9,11-13,15,17-19,21,23-25,27,29-54,56,58-62,64,66-69H2,1-5H3,(H-,73,76,77,78)/p+1/b10-8-,16-14-,22-20-,28-26-,57-55+,65-63+. The molecule has 0 fully saturated rings. The van der Waals surface area contributed by atoms with Crippen molar-refractivity contribution in [3.63, 3.8) is 0 Å². The molecular formula is C72H136N2O6P+. The van der Waals surface area contributed by atoms with E-state index < -0.39 is 20.0 Å². The number of allylic oxidation sites excluding steroid dienone is 11. The highest BCUT2D eigenvalue weighted by atomic mass is 31.2.